The molecule has 0 unspecified atom stereocenters. The Morgan fingerprint density at radius 1 is 0.355 bits per heavy atom. The van der Waals surface area contributed by atoms with Crippen LogP contribution in [0.2, 0.25) is 0 Å². The third-order valence-electron chi connectivity index (χ3n) is 13.0. The summed E-state index contributed by atoms with van der Waals surface area (Å²) in [6, 6.07) is 47.4. The summed E-state index contributed by atoms with van der Waals surface area (Å²) in [4.78, 5) is 4.40. The second-order valence-electron chi connectivity index (χ2n) is 16.7. The molecule has 0 radical (unpaired) electrons. The number of furan rings is 2. The Bertz CT molecular complexity index is 3570. The molecule has 11 aromatic rings. The lowest BCUT2D eigenvalue weighted by Gasteiger charge is -2.28. The average Bonchev–Trinajstić information content (AvgIpc) is 3.85. The van der Waals surface area contributed by atoms with E-state index in [-0.39, 0.29) is 11.6 Å². The molecule has 0 aliphatic carbocycles. The van der Waals surface area contributed by atoms with Crippen molar-refractivity contribution >= 4 is 99.5 Å². The van der Waals surface area contributed by atoms with Crippen molar-refractivity contribution in [1.82, 2.24) is 0 Å². The van der Waals surface area contributed by atoms with E-state index in [0.29, 0.717) is 11.2 Å². The van der Waals surface area contributed by atoms with Gasteiger partial charge in [0.05, 0.1) is 16.8 Å². The lowest BCUT2D eigenvalue weighted by atomic mass is 9.97. The fourth-order valence-corrected chi connectivity index (χ4v) is 9.47. The Kier molecular flexibility index (Phi) is 8.52. The molecule has 0 saturated carbocycles. The van der Waals surface area contributed by atoms with Gasteiger partial charge in [-0.1, -0.05) is 48.5 Å². The molecule has 2 heterocycles. The maximum atomic E-state index is 14.4. The molecular formula is C56H42F2N2O2. The molecule has 11 rings (SSSR count). The highest BCUT2D eigenvalue weighted by Crippen LogP contribution is 2.50. The van der Waals surface area contributed by atoms with Gasteiger partial charge in [0.1, 0.15) is 34.0 Å². The van der Waals surface area contributed by atoms with Crippen LogP contribution in [0.25, 0.3) is 65.4 Å². The second-order valence-corrected chi connectivity index (χ2v) is 16.7. The van der Waals surface area contributed by atoms with Crippen LogP contribution < -0.4 is 9.80 Å². The third-order valence-corrected chi connectivity index (χ3v) is 13.0. The Morgan fingerprint density at radius 2 is 0.774 bits per heavy atom. The van der Waals surface area contributed by atoms with Crippen molar-refractivity contribution in [2.75, 3.05) is 9.80 Å². The fraction of sp³-hybridized carbons (Fsp3) is 0.107. The molecule has 302 valence electrons. The molecule has 2 aromatic heterocycles. The smallest absolute Gasteiger partial charge is 0.147 e. The summed E-state index contributed by atoms with van der Waals surface area (Å²) in [5, 5.41) is 7.97. The monoisotopic (exact) mass is 812 g/mol. The van der Waals surface area contributed by atoms with E-state index in [1.54, 1.807) is 0 Å². The number of anilines is 6. The normalized spacial score (nSPS) is 11.9. The van der Waals surface area contributed by atoms with Crippen molar-refractivity contribution < 1.29 is 17.6 Å². The number of fused-ring (bicyclic) bond motifs is 11. The van der Waals surface area contributed by atoms with E-state index in [1.807, 2.05) is 24.3 Å². The van der Waals surface area contributed by atoms with Crippen LogP contribution in [0.15, 0.2) is 154 Å². The Morgan fingerprint density at radius 3 is 1.24 bits per heavy atom. The van der Waals surface area contributed by atoms with Crippen LogP contribution in [0.3, 0.4) is 0 Å². The number of nitrogens with zero attached hydrogens (tertiary/aromatic N) is 2. The van der Waals surface area contributed by atoms with Gasteiger partial charge in [0, 0.05) is 61.8 Å². The lowest BCUT2D eigenvalue weighted by Crippen LogP contribution is -2.11. The predicted molar refractivity (Wildman–Crippen MR) is 254 cm³/mol. The SMILES string of the molecule is Cc1cc(N(c2ccc(F)cc2)c2cc3oc4c(ccc5oc6cc(N(c7ccc(F)cc7)c7cc(C)c(C)c(C)c7)c7ccccc7c6c54)c3c3ccccc23)cc(C)c1C. The zero-order valence-corrected chi connectivity index (χ0v) is 35.3. The summed E-state index contributed by atoms with van der Waals surface area (Å²) >= 11 is 0. The number of aryl methyl sites for hydroxylation is 4. The fourth-order valence-electron chi connectivity index (χ4n) is 9.47. The van der Waals surface area contributed by atoms with Gasteiger partial charge in [0.2, 0.25) is 0 Å². The van der Waals surface area contributed by atoms with Gasteiger partial charge in [-0.3, -0.25) is 0 Å². The first kappa shape index (κ1) is 37.6. The molecule has 0 atom stereocenters. The highest BCUT2D eigenvalue weighted by Gasteiger charge is 2.26. The van der Waals surface area contributed by atoms with E-state index in [9.17, 15) is 8.78 Å². The summed E-state index contributed by atoms with van der Waals surface area (Å²) in [7, 11) is 0. The maximum absolute atomic E-state index is 14.4. The van der Waals surface area contributed by atoms with E-state index in [4.69, 9.17) is 8.83 Å². The van der Waals surface area contributed by atoms with E-state index in [2.05, 4.69) is 148 Å². The standard InChI is InChI=1S/C56H42F2N2O2/c1-31-25-41(26-32(2)35(31)5)59(39-19-15-37(57)16-20-39)48-29-51-53(45-13-9-7-11-43(45)48)47-23-24-50-55(56(47)62-51)54-46-14-10-8-12-44(46)49(30-52(54)61-50)60(40-21-17-38(58)18-22-40)42-27-33(3)36(6)34(4)28-42/h7-30H,1-6H3. The summed E-state index contributed by atoms with van der Waals surface area (Å²) in [6.45, 7) is 12.8. The molecular weight excluding hydrogens is 771 g/mol. The van der Waals surface area contributed by atoms with Crippen molar-refractivity contribution in [3.05, 3.63) is 191 Å². The van der Waals surface area contributed by atoms with Gasteiger partial charge in [-0.15, -0.1) is 0 Å². The molecule has 0 fully saturated rings. The maximum Gasteiger partial charge on any atom is 0.147 e. The molecule has 9 aromatic carbocycles. The second kappa shape index (κ2) is 14.1. The van der Waals surface area contributed by atoms with Gasteiger partial charge in [-0.2, -0.15) is 0 Å². The molecule has 0 N–H and O–H groups in total. The van der Waals surface area contributed by atoms with Crippen molar-refractivity contribution in [1.29, 1.82) is 0 Å². The van der Waals surface area contributed by atoms with E-state index >= 15 is 0 Å². The van der Waals surface area contributed by atoms with Gasteiger partial charge in [0.25, 0.3) is 0 Å². The Hall–Kier alpha value is -7.44. The van der Waals surface area contributed by atoms with Crippen LogP contribution in [0.4, 0.5) is 42.9 Å². The predicted octanol–water partition coefficient (Wildman–Crippen LogP) is 16.9. The minimum absolute atomic E-state index is 0.290. The van der Waals surface area contributed by atoms with E-state index in [1.165, 1.54) is 57.6 Å². The lowest BCUT2D eigenvalue weighted by molar-refractivity contribution is 0.627. The first-order valence-electron chi connectivity index (χ1n) is 21.0. The molecule has 6 heteroatoms. The summed E-state index contributed by atoms with van der Waals surface area (Å²) < 4.78 is 42.8. The van der Waals surface area contributed by atoms with Crippen molar-refractivity contribution in [3.63, 3.8) is 0 Å². The first-order valence-corrected chi connectivity index (χ1v) is 21.0. The molecule has 4 nitrogen and oxygen atoms in total. The Labute approximate surface area is 357 Å². The topological polar surface area (TPSA) is 32.8 Å². The van der Waals surface area contributed by atoms with Gasteiger partial charge in [0.15, 0.2) is 0 Å². The number of hydrogen-bond acceptors (Lipinski definition) is 4. The molecule has 0 spiro atoms. The van der Waals surface area contributed by atoms with Crippen molar-refractivity contribution in [2.45, 2.75) is 41.5 Å². The molecule has 0 amide bonds. The highest BCUT2D eigenvalue weighted by molar-refractivity contribution is 6.32. The summed E-state index contributed by atoms with van der Waals surface area (Å²) in [5.74, 6) is -0.581. The molecule has 0 aliphatic rings. The van der Waals surface area contributed by atoms with Gasteiger partial charge in [-0.25, -0.2) is 8.78 Å². The number of halogens is 2. The van der Waals surface area contributed by atoms with E-state index < -0.39 is 0 Å². The highest BCUT2D eigenvalue weighted by atomic mass is 19.1. The van der Waals surface area contributed by atoms with Crippen LogP contribution in [0, 0.1) is 53.2 Å². The average molecular weight is 813 g/mol. The van der Waals surface area contributed by atoms with Crippen LogP contribution in [0.5, 0.6) is 0 Å². The van der Waals surface area contributed by atoms with Gasteiger partial charge >= 0.3 is 0 Å². The first-order chi connectivity index (χ1) is 30.0. The molecule has 0 saturated heterocycles. The molecule has 62 heavy (non-hydrogen) atoms. The van der Waals surface area contributed by atoms with Crippen LogP contribution in [0.1, 0.15) is 33.4 Å². The van der Waals surface area contributed by atoms with Crippen LogP contribution in [-0.4, -0.2) is 0 Å². The third kappa shape index (κ3) is 5.77. The zero-order chi connectivity index (χ0) is 42.6. The molecule has 0 bridgehead atoms. The Balaban J connectivity index is 1.20. The minimum Gasteiger partial charge on any atom is -0.456 e. The summed E-state index contributed by atoms with van der Waals surface area (Å²) in [5.41, 5.74) is 15.6. The largest absolute Gasteiger partial charge is 0.456 e. The van der Waals surface area contributed by atoms with Gasteiger partial charge in [-0.05, 0) is 171 Å². The zero-order valence-electron chi connectivity index (χ0n) is 35.3. The number of benzene rings is 9. The summed E-state index contributed by atoms with van der Waals surface area (Å²) in [6.07, 6.45) is 0. The quantitative estimate of drug-likeness (QED) is 0.167. The number of hydrogen-bond donors (Lipinski definition) is 0. The van der Waals surface area contributed by atoms with Crippen LogP contribution >= 0.6 is 0 Å². The number of rotatable bonds is 6. The van der Waals surface area contributed by atoms with E-state index in [0.717, 1.165) is 88.4 Å². The van der Waals surface area contributed by atoms with Gasteiger partial charge < -0.3 is 18.6 Å². The van der Waals surface area contributed by atoms with Crippen molar-refractivity contribution in [2.24, 2.45) is 0 Å². The van der Waals surface area contributed by atoms with Crippen molar-refractivity contribution in [3.8, 4) is 0 Å². The van der Waals surface area contributed by atoms with Crippen LogP contribution in [-0.2, 0) is 0 Å². The molecule has 0 aliphatic heterocycles. The minimum atomic E-state index is -0.291.